The average molecular weight is 242 g/mol. The zero-order valence-corrected chi connectivity index (χ0v) is 10.8. The van der Waals surface area contributed by atoms with Gasteiger partial charge >= 0.3 is 0 Å². The first-order valence-corrected chi connectivity index (χ1v) is 6.29. The van der Waals surface area contributed by atoms with E-state index in [1.54, 1.807) is 6.07 Å². The van der Waals surface area contributed by atoms with Crippen LogP contribution in [0.5, 0.6) is 5.75 Å². The number of hydrogen-bond acceptors (Lipinski definition) is 3. The van der Waals surface area contributed by atoms with Gasteiger partial charge in [0.15, 0.2) is 0 Å². The molecule has 84 valence electrons. The predicted molar refractivity (Wildman–Crippen MR) is 70.5 cm³/mol. The van der Waals surface area contributed by atoms with E-state index in [9.17, 15) is 5.11 Å². The molecule has 0 radical (unpaired) electrons. The standard InChI is InChI=1S/C12H18OS2/c1-2-3-4-5-6-9-7-8-10(13)12(15)11(9)14/h7-8,13-15H,2-6H2,1H3. The van der Waals surface area contributed by atoms with Crippen LogP contribution in [0.15, 0.2) is 21.9 Å². The van der Waals surface area contributed by atoms with E-state index in [4.69, 9.17) is 0 Å². The van der Waals surface area contributed by atoms with Crippen molar-refractivity contribution in [3.63, 3.8) is 0 Å². The van der Waals surface area contributed by atoms with E-state index in [1.807, 2.05) is 6.07 Å². The van der Waals surface area contributed by atoms with Gasteiger partial charge in [-0.15, -0.1) is 25.3 Å². The van der Waals surface area contributed by atoms with E-state index in [-0.39, 0.29) is 5.75 Å². The lowest BCUT2D eigenvalue weighted by Crippen LogP contribution is -1.89. The molecule has 1 aromatic rings. The van der Waals surface area contributed by atoms with Gasteiger partial charge in [-0.3, -0.25) is 0 Å². The van der Waals surface area contributed by atoms with Crippen molar-refractivity contribution in [1.29, 1.82) is 0 Å². The molecule has 0 aliphatic rings. The second kappa shape index (κ2) is 6.33. The van der Waals surface area contributed by atoms with Gasteiger partial charge in [0, 0.05) is 4.90 Å². The molecule has 0 aliphatic carbocycles. The summed E-state index contributed by atoms with van der Waals surface area (Å²) in [5, 5.41) is 9.41. The summed E-state index contributed by atoms with van der Waals surface area (Å²) in [5.41, 5.74) is 1.18. The van der Waals surface area contributed by atoms with Crippen molar-refractivity contribution in [2.75, 3.05) is 0 Å². The summed E-state index contributed by atoms with van der Waals surface area (Å²) >= 11 is 8.59. The predicted octanol–water partition coefficient (Wildman–Crippen LogP) is 4.09. The highest BCUT2D eigenvalue weighted by Crippen LogP contribution is 2.31. The largest absolute Gasteiger partial charge is 0.507 e. The van der Waals surface area contributed by atoms with E-state index in [2.05, 4.69) is 32.2 Å². The minimum Gasteiger partial charge on any atom is -0.507 e. The van der Waals surface area contributed by atoms with Crippen LogP contribution in [-0.2, 0) is 6.42 Å². The molecule has 3 heteroatoms. The van der Waals surface area contributed by atoms with Crippen LogP contribution in [0.25, 0.3) is 0 Å². The number of thiol groups is 2. The Hall–Kier alpha value is -0.280. The highest BCUT2D eigenvalue weighted by Gasteiger charge is 2.06. The summed E-state index contributed by atoms with van der Waals surface area (Å²) in [5.74, 6) is 0.209. The molecule has 1 nitrogen and oxygen atoms in total. The molecule has 0 atom stereocenters. The molecular weight excluding hydrogens is 224 g/mol. The van der Waals surface area contributed by atoms with Crippen LogP contribution in [0.4, 0.5) is 0 Å². The summed E-state index contributed by atoms with van der Waals surface area (Å²) in [4.78, 5) is 1.40. The van der Waals surface area contributed by atoms with E-state index in [0.717, 1.165) is 11.3 Å². The Morgan fingerprint density at radius 1 is 1.07 bits per heavy atom. The molecule has 0 unspecified atom stereocenters. The van der Waals surface area contributed by atoms with Crippen molar-refractivity contribution in [2.45, 2.75) is 48.8 Å². The second-order valence-electron chi connectivity index (χ2n) is 3.75. The smallest absolute Gasteiger partial charge is 0.130 e. The van der Waals surface area contributed by atoms with Gasteiger partial charge in [0.25, 0.3) is 0 Å². The van der Waals surface area contributed by atoms with Crippen LogP contribution in [0.3, 0.4) is 0 Å². The third kappa shape index (κ3) is 3.65. The number of benzene rings is 1. The van der Waals surface area contributed by atoms with Gasteiger partial charge in [0.05, 0.1) is 4.90 Å². The fraction of sp³-hybridized carbons (Fsp3) is 0.500. The lowest BCUT2D eigenvalue weighted by molar-refractivity contribution is 0.458. The fourth-order valence-electron chi connectivity index (χ4n) is 1.55. The lowest BCUT2D eigenvalue weighted by Gasteiger charge is -2.08. The molecule has 0 saturated heterocycles. The maximum atomic E-state index is 9.41. The number of phenolic OH excluding ortho intramolecular Hbond substituents is 1. The van der Waals surface area contributed by atoms with Crippen molar-refractivity contribution < 1.29 is 5.11 Å². The van der Waals surface area contributed by atoms with Crippen molar-refractivity contribution in [3.05, 3.63) is 17.7 Å². The van der Waals surface area contributed by atoms with Crippen molar-refractivity contribution in [3.8, 4) is 5.75 Å². The molecule has 0 aliphatic heterocycles. The van der Waals surface area contributed by atoms with Gasteiger partial charge in [0.2, 0.25) is 0 Å². The molecule has 15 heavy (non-hydrogen) atoms. The SMILES string of the molecule is CCCCCCc1ccc(O)c(S)c1S. The van der Waals surface area contributed by atoms with Crippen molar-refractivity contribution in [1.82, 2.24) is 0 Å². The molecule has 1 rings (SSSR count). The van der Waals surface area contributed by atoms with Crippen LogP contribution < -0.4 is 0 Å². The first-order valence-electron chi connectivity index (χ1n) is 5.39. The highest BCUT2D eigenvalue weighted by molar-refractivity contribution is 7.83. The number of rotatable bonds is 5. The Morgan fingerprint density at radius 3 is 2.47 bits per heavy atom. The first kappa shape index (κ1) is 12.8. The molecule has 1 N–H and O–H groups in total. The fourth-order valence-corrected chi connectivity index (χ4v) is 2.07. The minimum atomic E-state index is 0.209. The van der Waals surface area contributed by atoms with E-state index in [1.165, 1.54) is 31.2 Å². The molecule has 0 fully saturated rings. The average Bonchev–Trinajstić information content (AvgIpc) is 2.24. The van der Waals surface area contributed by atoms with E-state index in [0.29, 0.717) is 4.90 Å². The maximum Gasteiger partial charge on any atom is 0.130 e. The van der Waals surface area contributed by atoms with Gasteiger partial charge in [0.1, 0.15) is 5.75 Å². The van der Waals surface area contributed by atoms with Gasteiger partial charge in [-0.2, -0.15) is 0 Å². The maximum absolute atomic E-state index is 9.41. The number of aromatic hydroxyl groups is 1. The molecule has 0 amide bonds. The summed E-state index contributed by atoms with van der Waals surface area (Å²) in [6.45, 7) is 2.20. The Bertz CT molecular complexity index is 324. The Balaban J connectivity index is 2.58. The van der Waals surface area contributed by atoms with Gasteiger partial charge in [-0.05, 0) is 24.5 Å². The van der Waals surface area contributed by atoms with Crippen LogP contribution >= 0.6 is 25.3 Å². The zero-order chi connectivity index (χ0) is 11.3. The number of aryl methyl sites for hydroxylation is 1. The second-order valence-corrected chi connectivity index (χ2v) is 4.65. The quantitative estimate of drug-likeness (QED) is 0.525. The van der Waals surface area contributed by atoms with Crippen molar-refractivity contribution >= 4 is 25.3 Å². The van der Waals surface area contributed by atoms with E-state index >= 15 is 0 Å². The van der Waals surface area contributed by atoms with Gasteiger partial charge in [-0.1, -0.05) is 32.3 Å². The summed E-state index contributed by atoms with van der Waals surface area (Å²) < 4.78 is 0. The molecule has 1 aromatic carbocycles. The summed E-state index contributed by atoms with van der Waals surface area (Å²) in [6.07, 6.45) is 5.99. The third-order valence-corrected chi connectivity index (χ3v) is 3.65. The van der Waals surface area contributed by atoms with Crippen LogP contribution in [0, 0.1) is 0 Å². The topological polar surface area (TPSA) is 20.2 Å². The Kier molecular flexibility index (Phi) is 5.40. The molecule has 0 spiro atoms. The normalized spacial score (nSPS) is 10.6. The number of phenols is 1. The minimum absolute atomic E-state index is 0.209. The highest BCUT2D eigenvalue weighted by atomic mass is 32.1. The molecular formula is C12H18OS2. The number of hydrogen-bond donors (Lipinski definition) is 3. The Labute approximate surface area is 103 Å². The first-order chi connectivity index (χ1) is 7.16. The molecule has 0 aromatic heterocycles. The zero-order valence-electron chi connectivity index (χ0n) is 9.03. The monoisotopic (exact) mass is 242 g/mol. The molecule has 0 heterocycles. The van der Waals surface area contributed by atoms with Crippen molar-refractivity contribution in [2.24, 2.45) is 0 Å². The van der Waals surface area contributed by atoms with Crippen LogP contribution in [-0.4, -0.2) is 5.11 Å². The Morgan fingerprint density at radius 2 is 1.80 bits per heavy atom. The van der Waals surface area contributed by atoms with Gasteiger partial charge < -0.3 is 5.11 Å². The molecule has 0 bridgehead atoms. The van der Waals surface area contributed by atoms with Gasteiger partial charge in [-0.25, -0.2) is 0 Å². The molecule has 0 saturated carbocycles. The van der Waals surface area contributed by atoms with E-state index < -0.39 is 0 Å². The number of unbranched alkanes of at least 4 members (excludes halogenated alkanes) is 3. The summed E-state index contributed by atoms with van der Waals surface area (Å²) in [6, 6.07) is 3.63. The van der Waals surface area contributed by atoms with Crippen LogP contribution in [0.1, 0.15) is 38.2 Å². The third-order valence-electron chi connectivity index (χ3n) is 2.51. The summed E-state index contributed by atoms with van der Waals surface area (Å²) in [7, 11) is 0. The lowest BCUT2D eigenvalue weighted by atomic mass is 10.1. The van der Waals surface area contributed by atoms with Crippen LogP contribution in [0.2, 0.25) is 0 Å².